The maximum atomic E-state index is 3.66. The molecule has 0 aromatic heterocycles. The van der Waals surface area contributed by atoms with Gasteiger partial charge in [-0.3, -0.25) is 0 Å². The molecule has 1 spiro atoms. The lowest BCUT2D eigenvalue weighted by atomic mass is 9.78. The molecule has 1 saturated heterocycles. The molecule has 0 radical (unpaired) electrons. The van der Waals surface area contributed by atoms with E-state index in [0.29, 0.717) is 11.5 Å². The van der Waals surface area contributed by atoms with Gasteiger partial charge in [-0.2, -0.15) is 0 Å². The van der Waals surface area contributed by atoms with Gasteiger partial charge < -0.3 is 10.2 Å². The van der Waals surface area contributed by atoms with E-state index in [1.165, 1.54) is 32.4 Å². The van der Waals surface area contributed by atoms with Crippen LogP contribution >= 0.6 is 0 Å². The van der Waals surface area contributed by atoms with Gasteiger partial charge in [-0.05, 0) is 31.7 Å². The Kier molecular flexibility index (Phi) is 2.37. The molecule has 0 amide bonds. The van der Waals surface area contributed by atoms with Crippen LogP contribution < -0.4 is 5.32 Å². The molecule has 0 aromatic carbocycles. The summed E-state index contributed by atoms with van der Waals surface area (Å²) >= 11 is 0. The molecule has 1 N–H and O–H groups in total. The molecular formula is C11H22N2. The highest BCUT2D eigenvalue weighted by atomic mass is 15.2. The van der Waals surface area contributed by atoms with Crippen molar-refractivity contribution in [2.24, 2.45) is 5.41 Å². The third-order valence-corrected chi connectivity index (χ3v) is 3.48. The Labute approximate surface area is 81.7 Å². The first-order valence-electron chi connectivity index (χ1n) is 5.54. The lowest BCUT2D eigenvalue weighted by Crippen LogP contribution is -2.53. The molecule has 1 heterocycles. The van der Waals surface area contributed by atoms with E-state index in [4.69, 9.17) is 0 Å². The van der Waals surface area contributed by atoms with Crippen molar-refractivity contribution < 1.29 is 0 Å². The average Bonchev–Trinajstić information content (AvgIpc) is 2.30. The van der Waals surface area contributed by atoms with Crippen molar-refractivity contribution in [3.8, 4) is 0 Å². The molecular weight excluding hydrogens is 160 g/mol. The van der Waals surface area contributed by atoms with Crippen LogP contribution in [0, 0.1) is 5.41 Å². The van der Waals surface area contributed by atoms with Crippen molar-refractivity contribution in [1.82, 2.24) is 10.2 Å². The van der Waals surface area contributed by atoms with Gasteiger partial charge in [0.1, 0.15) is 0 Å². The van der Waals surface area contributed by atoms with Gasteiger partial charge in [0.25, 0.3) is 0 Å². The summed E-state index contributed by atoms with van der Waals surface area (Å²) in [4.78, 5) is 2.44. The highest BCUT2D eigenvalue weighted by Crippen LogP contribution is 2.44. The zero-order chi connectivity index (χ0) is 9.47. The topological polar surface area (TPSA) is 15.3 Å². The zero-order valence-corrected chi connectivity index (χ0v) is 9.14. The molecule has 13 heavy (non-hydrogen) atoms. The van der Waals surface area contributed by atoms with Crippen molar-refractivity contribution in [2.75, 3.05) is 20.1 Å². The van der Waals surface area contributed by atoms with E-state index in [0.717, 1.165) is 6.04 Å². The number of nitrogens with zero attached hydrogens (tertiary/aromatic N) is 1. The SMILES string of the molecule is CC(C)NC1CCC2(C1)CN(C)C2. The predicted octanol–water partition coefficient (Wildman–Crippen LogP) is 1.47. The van der Waals surface area contributed by atoms with Crippen molar-refractivity contribution >= 4 is 0 Å². The Morgan fingerprint density at radius 1 is 1.38 bits per heavy atom. The normalized spacial score (nSPS) is 32.8. The second-order valence-electron chi connectivity index (χ2n) is 5.43. The van der Waals surface area contributed by atoms with Crippen LogP contribution in [-0.2, 0) is 0 Å². The first-order valence-corrected chi connectivity index (χ1v) is 5.54. The number of hydrogen-bond acceptors (Lipinski definition) is 2. The molecule has 2 rings (SSSR count). The van der Waals surface area contributed by atoms with Gasteiger partial charge in [-0.15, -0.1) is 0 Å². The van der Waals surface area contributed by atoms with E-state index >= 15 is 0 Å². The largest absolute Gasteiger partial charge is 0.312 e. The van der Waals surface area contributed by atoms with Crippen LogP contribution in [0.4, 0.5) is 0 Å². The van der Waals surface area contributed by atoms with E-state index in [9.17, 15) is 0 Å². The van der Waals surface area contributed by atoms with Crippen molar-refractivity contribution in [3.63, 3.8) is 0 Å². The molecule has 1 saturated carbocycles. The van der Waals surface area contributed by atoms with Gasteiger partial charge in [-0.1, -0.05) is 13.8 Å². The molecule has 2 heteroatoms. The van der Waals surface area contributed by atoms with Gasteiger partial charge in [0.15, 0.2) is 0 Å². The smallest absolute Gasteiger partial charge is 0.00758 e. The monoisotopic (exact) mass is 182 g/mol. The van der Waals surface area contributed by atoms with Gasteiger partial charge in [0.05, 0.1) is 0 Å². The molecule has 1 unspecified atom stereocenters. The van der Waals surface area contributed by atoms with Gasteiger partial charge in [0.2, 0.25) is 0 Å². The first-order chi connectivity index (χ1) is 6.10. The fraction of sp³-hybridized carbons (Fsp3) is 1.00. The Bertz CT molecular complexity index is 183. The summed E-state index contributed by atoms with van der Waals surface area (Å²) in [6.45, 7) is 7.17. The van der Waals surface area contributed by atoms with Gasteiger partial charge in [-0.25, -0.2) is 0 Å². The minimum atomic E-state index is 0.651. The standard InChI is InChI=1S/C11H22N2/c1-9(2)12-10-4-5-11(6-10)7-13(3)8-11/h9-10,12H,4-8H2,1-3H3. The van der Waals surface area contributed by atoms with E-state index in [1.807, 2.05) is 0 Å². The molecule has 0 aromatic rings. The fourth-order valence-electron chi connectivity index (χ4n) is 3.21. The lowest BCUT2D eigenvalue weighted by molar-refractivity contribution is 0.0266. The third kappa shape index (κ3) is 1.89. The number of rotatable bonds is 2. The number of likely N-dealkylation sites (tertiary alicyclic amines) is 1. The van der Waals surface area contributed by atoms with Crippen molar-refractivity contribution in [3.05, 3.63) is 0 Å². The highest BCUT2D eigenvalue weighted by Gasteiger charge is 2.46. The van der Waals surface area contributed by atoms with Crippen LogP contribution in [0.15, 0.2) is 0 Å². The summed E-state index contributed by atoms with van der Waals surface area (Å²) in [5.41, 5.74) is 0.710. The van der Waals surface area contributed by atoms with Crippen LogP contribution in [0.5, 0.6) is 0 Å². The molecule has 2 nitrogen and oxygen atoms in total. The van der Waals surface area contributed by atoms with Gasteiger partial charge in [0, 0.05) is 25.2 Å². The van der Waals surface area contributed by atoms with Crippen LogP contribution in [0.2, 0.25) is 0 Å². The minimum absolute atomic E-state index is 0.651. The summed E-state index contributed by atoms with van der Waals surface area (Å²) in [6.07, 6.45) is 4.25. The van der Waals surface area contributed by atoms with Crippen LogP contribution in [0.3, 0.4) is 0 Å². The molecule has 2 aliphatic rings. The molecule has 1 atom stereocenters. The average molecular weight is 182 g/mol. The van der Waals surface area contributed by atoms with E-state index in [1.54, 1.807) is 0 Å². The summed E-state index contributed by atoms with van der Waals surface area (Å²) in [5.74, 6) is 0. The Balaban J connectivity index is 1.81. The van der Waals surface area contributed by atoms with Crippen LogP contribution in [0.25, 0.3) is 0 Å². The van der Waals surface area contributed by atoms with E-state index in [-0.39, 0.29) is 0 Å². The first kappa shape index (κ1) is 9.47. The van der Waals surface area contributed by atoms with Crippen molar-refractivity contribution in [1.29, 1.82) is 0 Å². The summed E-state index contributed by atoms with van der Waals surface area (Å²) in [7, 11) is 2.23. The minimum Gasteiger partial charge on any atom is -0.312 e. The molecule has 1 aliphatic heterocycles. The molecule has 1 aliphatic carbocycles. The zero-order valence-electron chi connectivity index (χ0n) is 9.14. The maximum absolute atomic E-state index is 3.66. The van der Waals surface area contributed by atoms with Gasteiger partial charge >= 0.3 is 0 Å². The highest BCUT2D eigenvalue weighted by molar-refractivity contribution is 5.01. The number of nitrogens with one attached hydrogen (secondary N) is 1. The fourth-order valence-corrected chi connectivity index (χ4v) is 3.21. The summed E-state index contributed by atoms with van der Waals surface area (Å²) in [5, 5.41) is 3.66. The Morgan fingerprint density at radius 2 is 2.08 bits per heavy atom. The summed E-state index contributed by atoms with van der Waals surface area (Å²) in [6, 6.07) is 1.45. The van der Waals surface area contributed by atoms with Crippen LogP contribution in [0.1, 0.15) is 33.1 Å². The summed E-state index contributed by atoms with van der Waals surface area (Å²) < 4.78 is 0. The van der Waals surface area contributed by atoms with E-state index in [2.05, 4.69) is 31.1 Å². The molecule has 2 fully saturated rings. The van der Waals surface area contributed by atoms with E-state index < -0.39 is 0 Å². The predicted molar refractivity (Wildman–Crippen MR) is 55.8 cm³/mol. The Morgan fingerprint density at radius 3 is 2.62 bits per heavy atom. The number of hydrogen-bond donors (Lipinski definition) is 1. The molecule has 0 bridgehead atoms. The Hall–Kier alpha value is -0.0800. The van der Waals surface area contributed by atoms with Crippen LogP contribution in [-0.4, -0.2) is 37.1 Å². The second-order valence-corrected chi connectivity index (χ2v) is 5.43. The maximum Gasteiger partial charge on any atom is 0.00758 e. The van der Waals surface area contributed by atoms with Crippen molar-refractivity contribution in [2.45, 2.75) is 45.2 Å². The quantitative estimate of drug-likeness (QED) is 0.695. The lowest BCUT2D eigenvalue weighted by Gasteiger charge is -2.46. The molecule has 76 valence electrons. The third-order valence-electron chi connectivity index (χ3n) is 3.48. The second kappa shape index (κ2) is 3.25.